The van der Waals surface area contributed by atoms with Crippen molar-refractivity contribution in [2.45, 2.75) is 33.0 Å². The average molecular weight is 297 g/mol. The van der Waals surface area contributed by atoms with Crippen LogP contribution < -0.4 is 5.73 Å². The number of nitrogens with zero attached hydrogens (tertiary/aromatic N) is 2. The molecular weight excluding hydrogens is 274 g/mol. The van der Waals surface area contributed by atoms with Gasteiger partial charge in [-0.3, -0.25) is 4.90 Å². The molecule has 4 nitrogen and oxygen atoms in total. The lowest BCUT2D eigenvalue weighted by Crippen LogP contribution is -2.31. The van der Waals surface area contributed by atoms with E-state index >= 15 is 0 Å². The molecule has 0 aliphatic heterocycles. The van der Waals surface area contributed by atoms with E-state index in [1.807, 2.05) is 30.3 Å². The van der Waals surface area contributed by atoms with E-state index in [4.69, 9.17) is 10.9 Å². The molecule has 0 bridgehead atoms. The number of hydrogen-bond acceptors (Lipinski definition) is 3. The largest absolute Gasteiger partial charge is 0.409 e. The monoisotopic (exact) mass is 297 g/mol. The summed E-state index contributed by atoms with van der Waals surface area (Å²) in [6, 6.07) is 18.6. The maximum Gasteiger partial charge on any atom is 0.170 e. The van der Waals surface area contributed by atoms with Crippen molar-refractivity contribution in [2.24, 2.45) is 10.9 Å². The van der Waals surface area contributed by atoms with Gasteiger partial charge in [0.15, 0.2) is 5.84 Å². The number of amidine groups is 1. The standard InChI is InChI=1S/C18H23N3O/c1-14(2)21(12-15-8-4-3-5-9-15)13-16-10-6-7-11-17(16)18(19)20-22/h3-11,14,22H,12-13H2,1-2H3,(H2,19,20). The van der Waals surface area contributed by atoms with Crippen LogP contribution in [0.4, 0.5) is 0 Å². The third-order valence-corrected chi connectivity index (χ3v) is 3.73. The van der Waals surface area contributed by atoms with Crippen molar-refractivity contribution in [3.63, 3.8) is 0 Å². The highest BCUT2D eigenvalue weighted by molar-refractivity contribution is 5.98. The summed E-state index contributed by atoms with van der Waals surface area (Å²) in [6.07, 6.45) is 0. The Morgan fingerprint density at radius 1 is 1.05 bits per heavy atom. The van der Waals surface area contributed by atoms with Gasteiger partial charge in [-0.25, -0.2) is 0 Å². The zero-order valence-corrected chi connectivity index (χ0v) is 13.1. The van der Waals surface area contributed by atoms with Gasteiger partial charge in [0.1, 0.15) is 0 Å². The minimum atomic E-state index is 0.152. The number of hydrogen-bond donors (Lipinski definition) is 2. The van der Waals surface area contributed by atoms with E-state index in [0.717, 1.165) is 24.2 Å². The normalized spacial score (nSPS) is 12.1. The summed E-state index contributed by atoms with van der Waals surface area (Å²) >= 11 is 0. The Kier molecular flexibility index (Phi) is 5.55. The molecule has 0 saturated carbocycles. The Balaban J connectivity index is 2.22. The van der Waals surface area contributed by atoms with Gasteiger partial charge in [0.25, 0.3) is 0 Å². The number of benzene rings is 2. The Bertz CT molecular complexity index is 623. The first-order chi connectivity index (χ1) is 10.6. The first kappa shape index (κ1) is 16.0. The predicted octanol–water partition coefficient (Wildman–Crippen LogP) is 3.19. The van der Waals surface area contributed by atoms with E-state index in [9.17, 15) is 0 Å². The van der Waals surface area contributed by atoms with Crippen molar-refractivity contribution in [3.05, 3.63) is 71.3 Å². The van der Waals surface area contributed by atoms with Crippen LogP contribution in [-0.4, -0.2) is 22.0 Å². The van der Waals surface area contributed by atoms with Crippen molar-refractivity contribution in [1.82, 2.24) is 4.90 Å². The van der Waals surface area contributed by atoms with Crippen LogP contribution in [0.5, 0.6) is 0 Å². The zero-order valence-electron chi connectivity index (χ0n) is 13.1. The van der Waals surface area contributed by atoms with Crippen LogP contribution in [0.25, 0.3) is 0 Å². The van der Waals surface area contributed by atoms with Gasteiger partial charge in [0.2, 0.25) is 0 Å². The zero-order chi connectivity index (χ0) is 15.9. The highest BCUT2D eigenvalue weighted by Gasteiger charge is 2.14. The van der Waals surface area contributed by atoms with Gasteiger partial charge in [-0.1, -0.05) is 59.8 Å². The maximum absolute atomic E-state index is 8.94. The van der Waals surface area contributed by atoms with Gasteiger partial charge >= 0.3 is 0 Å². The molecule has 0 heterocycles. The molecule has 0 fully saturated rings. The topological polar surface area (TPSA) is 61.8 Å². The molecule has 0 atom stereocenters. The average Bonchev–Trinajstić information content (AvgIpc) is 2.55. The van der Waals surface area contributed by atoms with Crippen LogP contribution in [0.3, 0.4) is 0 Å². The van der Waals surface area contributed by atoms with Crippen LogP contribution in [0.1, 0.15) is 30.5 Å². The molecule has 0 unspecified atom stereocenters. The summed E-state index contributed by atoms with van der Waals surface area (Å²) in [7, 11) is 0. The van der Waals surface area contributed by atoms with Crippen LogP contribution in [-0.2, 0) is 13.1 Å². The first-order valence-corrected chi connectivity index (χ1v) is 7.45. The van der Waals surface area contributed by atoms with Crippen molar-refractivity contribution in [3.8, 4) is 0 Å². The molecular formula is C18H23N3O. The first-order valence-electron chi connectivity index (χ1n) is 7.45. The third kappa shape index (κ3) is 4.09. The Morgan fingerprint density at radius 2 is 1.68 bits per heavy atom. The van der Waals surface area contributed by atoms with Crippen LogP contribution in [0.15, 0.2) is 59.8 Å². The van der Waals surface area contributed by atoms with Gasteiger partial charge in [-0.05, 0) is 25.0 Å². The lowest BCUT2D eigenvalue weighted by molar-refractivity contribution is 0.203. The Morgan fingerprint density at radius 3 is 2.32 bits per heavy atom. The van der Waals surface area contributed by atoms with Gasteiger partial charge < -0.3 is 10.9 Å². The molecule has 0 amide bonds. The lowest BCUT2D eigenvalue weighted by Gasteiger charge is -2.27. The molecule has 0 aliphatic rings. The Hall–Kier alpha value is -2.33. The van der Waals surface area contributed by atoms with Crippen molar-refractivity contribution < 1.29 is 5.21 Å². The fraction of sp³-hybridized carbons (Fsp3) is 0.278. The summed E-state index contributed by atoms with van der Waals surface area (Å²) in [5.74, 6) is 0.152. The quantitative estimate of drug-likeness (QED) is 0.372. The molecule has 4 heteroatoms. The molecule has 22 heavy (non-hydrogen) atoms. The van der Waals surface area contributed by atoms with E-state index in [2.05, 4.69) is 48.2 Å². The fourth-order valence-corrected chi connectivity index (χ4v) is 2.42. The summed E-state index contributed by atoms with van der Waals surface area (Å²) in [5, 5.41) is 12.1. The smallest absolute Gasteiger partial charge is 0.170 e. The van der Waals surface area contributed by atoms with E-state index in [-0.39, 0.29) is 5.84 Å². The molecule has 2 aromatic carbocycles. The number of oxime groups is 1. The molecule has 0 saturated heterocycles. The SMILES string of the molecule is CC(C)N(Cc1ccccc1)Cc1ccccc1/C(N)=N/O. The van der Waals surface area contributed by atoms with E-state index in [1.54, 1.807) is 0 Å². The lowest BCUT2D eigenvalue weighted by atomic mass is 10.0. The second-order valence-electron chi connectivity index (χ2n) is 5.63. The maximum atomic E-state index is 8.94. The summed E-state index contributed by atoms with van der Waals surface area (Å²) in [5.41, 5.74) is 8.90. The van der Waals surface area contributed by atoms with E-state index in [1.165, 1.54) is 5.56 Å². The highest BCUT2D eigenvalue weighted by Crippen LogP contribution is 2.16. The van der Waals surface area contributed by atoms with E-state index < -0.39 is 0 Å². The molecule has 2 aromatic rings. The summed E-state index contributed by atoms with van der Waals surface area (Å²) in [6.45, 7) is 5.96. The Labute approximate surface area is 131 Å². The van der Waals surface area contributed by atoms with E-state index in [0.29, 0.717) is 6.04 Å². The van der Waals surface area contributed by atoms with Crippen molar-refractivity contribution in [1.29, 1.82) is 0 Å². The minimum Gasteiger partial charge on any atom is -0.409 e. The summed E-state index contributed by atoms with van der Waals surface area (Å²) in [4.78, 5) is 2.36. The molecule has 0 aromatic heterocycles. The molecule has 3 N–H and O–H groups in total. The van der Waals surface area contributed by atoms with Crippen LogP contribution in [0.2, 0.25) is 0 Å². The van der Waals surface area contributed by atoms with Crippen LogP contribution in [0, 0.1) is 0 Å². The molecule has 0 spiro atoms. The highest BCUT2D eigenvalue weighted by atomic mass is 16.4. The predicted molar refractivity (Wildman–Crippen MR) is 89.8 cm³/mol. The van der Waals surface area contributed by atoms with Gasteiger partial charge in [0.05, 0.1) is 0 Å². The van der Waals surface area contributed by atoms with Crippen LogP contribution >= 0.6 is 0 Å². The second-order valence-corrected chi connectivity index (χ2v) is 5.63. The molecule has 0 aliphatic carbocycles. The molecule has 2 rings (SSSR count). The third-order valence-electron chi connectivity index (χ3n) is 3.73. The van der Waals surface area contributed by atoms with Crippen molar-refractivity contribution >= 4 is 5.84 Å². The minimum absolute atomic E-state index is 0.152. The van der Waals surface area contributed by atoms with Gasteiger partial charge in [-0.2, -0.15) is 0 Å². The number of rotatable bonds is 6. The summed E-state index contributed by atoms with van der Waals surface area (Å²) < 4.78 is 0. The fourth-order valence-electron chi connectivity index (χ4n) is 2.42. The number of nitrogens with two attached hydrogens (primary N) is 1. The van der Waals surface area contributed by atoms with Gasteiger partial charge in [-0.15, -0.1) is 0 Å². The molecule has 0 radical (unpaired) electrons. The second kappa shape index (κ2) is 7.61. The van der Waals surface area contributed by atoms with Gasteiger partial charge in [0, 0.05) is 24.7 Å². The van der Waals surface area contributed by atoms with Crippen molar-refractivity contribution in [2.75, 3.05) is 0 Å². The molecule has 116 valence electrons.